The van der Waals surface area contributed by atoms with Crippen LogP contribution in [0.5, 0.6) is 0 Å². The molecule has 0 N–H and O–H groups in total. The predicted molar refractivity (Wildman–Crippen MR) is 133 cm³/mol. The van der Waals surface area contributed by atoms with Crippen LogP contribution in [0.1, 0.15) is 21.5 Å². The molecule has 0 spiro atoms. The van der Waals surface area contributed by atoms with Crippen LogP contribution in [0.25, 0.3) is 11.0 Å². The molecule has 0 fully saturated rings. The van der Waals surface area contributed by atoms with Gasteiger partial charge in [0.15, 0.2) is 0 Å². The second-order valence-corrected chi connectivity index (χ2v) is 8.30. The highest BCUT2D eigenvalue weighted by Gasteiger charge is 2.35. The zero-order valence-corrected chi connectivity index (χ0v) is 18.4. The average molecular weight is 447 g/mol. The van der Waals surface area contributed by atoms with Gasteiger partial charge in [-0.3, -0.25) is 14.4 Å². The fourth-order valence-corrected chi connectivity index (χ4v) is 4.61. The number of hydrazine groups is 1. The Morgan fingerprint density at radius 2 is 1.26 bits per heavy atom. The molecule has 1 amide bonds. The first kappa shape index (κ1) is 20.1. The van der Waals surface area contributed by atoms with Crippen molar-refractivity contribution in [1.82, 2.24) is 9.24 Å². The van der Waals surface area contributed by atoms with Gasteiger partial charge in [0.05, 0.1) is 29.8 Å². The Morgan fingerprint density at radius 3 is 2.03 bits per heavy atom. The molecular weight excluding hydrogens is 424 g/mol. The highest BCUT2D eigenvalue weighted by molar-refractivity contribution is 6.06. The van der Waals surface area contributed by atoms with E-state index >= 15 is 0 Å². The van der Waals surface area contributed by atoms with Gasteiger partial charge in [0.25, 0.3) is 5.91 Å². The van der Waals surface area contributed by atoms with Gasteiger partial charge in [-0.1, -0.05) is 78.9 Å². The fraction of sp³-hybridized carbons (Fsp3) is 0.0714. The van der Waals surface area contributed by atoms with Crippen LogP contribution in [0.4, 0.5) is 5.69 Å². The maximum absolute atomic E-state index is 13.9. The molecule has 0 atom stereocenters. The third-order valence-electron chi connectivity index (χ3n) is 6.22. The van der Waals surface area contributed by atoms with Gasteiger partial charge in [-0.25, -0.2) is 4.79 Å². The number of hydrogen-bond donors (Lipinski definition) is 0. The molecule has 166 valence electrons. The van der Waals surface area contributed by atoms with E-state index in [0.717, 1.165) is 22.3 Å². The normalized spacial score (nSPS) is 13.4. The number of benzene rings is 4. The molecule has 4 aromatic carbocycles. The van der Waals surface area contributed by atoms with E-state index in [1.807, 2.05) is 114 Å². The number of imidazole rings is 1. The minimum atomic E-state index is -0.265. The van der Waals surface area contributed by atoms with Crippen molar-refractivity contribution in [3.05, 3.63) is 136 Å². The van der Waals surface area contributed by atoms with Crippen molar-refractivity contribution in [3.63, 3.8) is 0 Å². The highest BCUT2D eigenvalue weighted by Crippen LogP contribution is 2.28. The smallest absolute Gasteiger partial charge is 0.286 e. The van der Waals surface area contributed by atoms with Crippen molar-refractivity contribution in [2.24, 2.45) is 0 Å². The van der Waals surface area contributed by atoms with E-state index in [4.69, 9.17) is 0 Å². The molecular formula is C28H22N4O2. The number of rotatable bonds is 4. The maximum atomic E-state index is 13.9. The number of anilines is 1. The Balaban J connectivity index is 1.58. The van der Waals surface area contributed by atoms with E-state index in [-0.39, 0.29) is 11.6 Å². The monoisotopic (exact) mass is 446 g/mol. The molecule has 0 radical (unpaired) electrons. The third kappa shape index (κ3) is 3.19. The Labute approximate surface area is 196 Å². The van der Waals surface area contributed by atoms with Gasteiger partial charge in [0.1, 0.15) is 0 Å². The molecule has 0 saturated heterocycles. The summed E-state index contributed by atoms with van der Waals surface area (Å²) in [5.41, 5.74) is 4.56. The Kier molecular flexibility index (Phi) is 4.77. The zero-order valence-electron chi connectivity index (χ0n) is 18.4. The van der Waals surface area contributed by atoms with Gasteiger partial charge >= 0.3 is 5.69 Å². The first-order valence-electron chi connectivity index (χ1n) is 11.2. The fourth-order valence-electron chi connectivity index (χ4n) is 4.61. The molecule has 5 aromatic rings. The van der Waals surface area contributed by atoms with Crippen LogP contribution in [0.3, 0.4) is 0 Å². The number of carbonyl (C=O) groups is 1. The van der Waals surface area contributed by atoms with Crippen molar-refractivity contribution >= 4 is 22.6 Å². The molecule has 6 rings (SSSR count). The van der Waals surface area contributed by atoms with Crippen molar-refractivity contribution < 1.29 is 4.79 Å². The van der Waals surface area contributed by atoms with Crippen LogP contribution in [-0.2, 0) is 13.1 Å². The molecule has 1 aliphatic rings. The van der Waals surface area contributed by atoms with E-state index in [2.05, 4.69) is 0 Å². The Bertz CT molecular complexity index is 1550. The highest BCUT2D eigenvalue weighted by atomic mass is 16.2. The number of nitrogens with zero attached hydrogens (tertiary/aromatic N) is 4. The molecule has 2 heterocycles. The van der Waals surface area contributed by atoms with E-state index in [1.54, 1.807) is 4.57 Å². The summed E-state index contributed by atoms with van der Waals surface area (Å²) < 4.78 is 3.23. The summed E-state index contributed by atoms with van der Waals surface area (Å²) in [5, 5.41) is 3.36. The summed E-state index contributed by atoms with van der Waals surface area (Å²) in [5.74, 6) is -0.240. The third-order valence-corrected chi connectivity index (χ3v) is 6.22. The molecule has 0 bridgehead atoms. The van der Waals surface area contributed by atoms with Crippen LogP contribution < -0.4 is 15.8 Å². The van der Waals surface area contributed by atoms with Gasteiger partial charge in [0.2, 0.25) is 0 Å². The van der Waals surface area contributed by atoms with Crippen LogP contribution in [0.15, 0.2) is 114 Å². The van der Waals surface area contributed by atoms with Gasteiger partial charge in [-0.05, 0) is 41.5 Å². The number of hydrogen-bond acceptors (Lipinski definition) is 3. The van der Waals surface area contributed by atoms with Gasteiger partial charge in [-0.2, -0.15) is 4.68 Å². The first-order valence-corrected chi connectivity index (χ1v) is 11.2. The molecule has 0 aliphatic carbocycles. The lowest BCUT2D eigenvalue weighted by Crippen LogP contribution is -2.59. The second kappa shape index (κ2) is 8.08. The van der Waals surface area contributed by atoms with Crippen LogP contribution in [-0.4, -0.2) is 15.2 Å². The average Bonchev–Trinajstić information content (AvgIpc) is 3.16. The largest absolute Gasteiger partial charge is 0.350 e. The Hall–Kier alpha value is -4.58. The lowest BCUT2D eigenvalue weighted by molar-refractivity contribution is 0.0944. The van der Waals surface area contributed by atoms with Crippen LogP contribution in [0, 0.1) is 0 Å². The van der Waals surface area contributed by atoms with E-state index in [1.165, 1.54) is 9.79 Å². The second-order valence-electron chi connectivity index (χ2n) is 8.30. The summed E-state index contributed by atoms with van der Waals surface area (Å²) in [4.78, 5) is 27.8. The SMILES string of the molecule is O=C1c2ccccc2CN(c2ccccc2)N1n1c(=O)n(Cc2ccccc2)c2ccccc21. The van der Waals surface area contributed by atoms with Crippen molar-refractivity contribution in [3.8, 4) is 0 Å². The van der Waals surface area contributed by atoms with Crippen LogP contribution in [0.2, 0.25) is 0 Å². The quantitative estimate of drug-likeness (QED) is 0.407. The Morgan fingerprint density at radius 1 is 0.647 bits per heavy atom. The lowest BCUT2D eigenvalue weighted by atomic mass is 10.0. The molecule has 6 nitrogen and oxygen atoms in total. The predicted octanol–water partition coefficient (Wildman–Crippen LogP) is 4.56. The number of fused-ring (bicyclic) bond motifs is 2. The number of para-hydroxylation sites is 3. The summed E-state index contributed by atoms with van der Waals surface area (Å²) in [6.07, 6.45) is 0. The number of carbonyl (C=O) groups excluding carboxylic acids is 1. The number of amides is 1. The standard InChI is InChI=1S/C28H22N4O2/c33-27-24-16-8-7-13-22(24)20-30(23-14-5-2-6-15-23)32(27)31-26-18-10-9-17-25(26)29(28(31)34)19-21-11-3-1-4-12-21/h1-18H,19-20H2. The van der Waals surface area contributed by atoms with Gasteiger partial charge < -0.3 is 0 Å². The molecule has 0 saturated carbocycles. The van der Waals surface area contributed by atoms with Crippen LogP contribution >= 0.6 is 0 Å². The molecule has 34 heavy (non-hydrogen) atoms. The summed E-state index contributed by atoms with van der Waals surface area (Å²) in [6.45, 7) is 0.883. The van der Waals surface area contributed by atoms with Crippen molar-refractivity contribution in [2.75, 3.05) is 10.1 Å². The molecule has 6 heteroatoms. The van der Waals surface area contributed by atoms with Crippen molar-refractivity contribution in [1.29, 1.82) is 0 Å². The minimum Gasteiger partial charge on any atom is -0.286 e. The van der Waals surface area contributed by atoms with E-state index in [0.29, 0.717) is 24.2 Å². The first-order chi connectivity index (χ1) is 16.7. The topological polar surface area (TPSA) is 50.5 Å². The maximum Gasteiger partial charge on any atom is 0.350 e. The van der Waals surface area contributed by atoms with E-state index < -0.39 is 0 Å². The lowest BCUT2D eigenvalue weighted by Gasteiger charge is -2.40. The molecule has 1 aromatic heterocycles. The molecule has 1 aliphatic heterocycles. The van der Waals surface area contributed by atoms with Gasteiger partial charge in [0, 0.05) is 5.56 Å². The van der Waals surface area contributed by atoms with Crippen molar-refractivity contribution in [2.45, 2.75) is 13.1 Å². The number of aromatic nitrogens is 2. The summed E-state index contributed by atoms with van der Waals surface area (Å²) >= 11 is 0. The molecule has 0 unspecified atom stereocenters. The van der Waals surface area contributed by atoms with E-state index in [9.17, 15) is 9.59 Å². The van der Waals surface area contributed by atoms with Gasteiger partial charge in [-0.15, -0.1) is 5.12 Å². The minimum absolute atomic E-state index is 0.240. The zero-order chi connectivity index (χ0) is 23.1. The summed E-state index contributed by atoms with van der Waals surface area (Å²) in [6, 6.07) is 34.7. The summed E-state index contributed by atoms with van der Waals surface area (Å²) in [7, 11) is 0.